The van der Waals surface area contributed by atoms with E-state index in [2.05, 4.69) is 10.0 Å². The molecule has 1 fully saturated rings. The van der Waals surface area contributed by atoms with Crippen LogP contribution in [-0.2, 0) is 14.8 Å². The minimum absolute atomic E-state index is 0.125. The minimum atomic E-state index is -4.09. The van der Waals surface area contributed by atoms with Gasteiger partial charge in [-0.25, -0.2) is 17.6 Å². The van der Waals surface area contributed by atoms with Gasteiger partial charge >= 0.3 is 6.03 Å². The zero-order valence-corrected chi connectivity index (χ0v) is 29.3. The fourth-order valence-electron chi connectivity index (χ4n) is 6.16. The number of halogens is 1. The number of nitrogens with zero attached hydrogens (tertiary/aromatic N) is 2. The number of anilines is 1. The van der Waals surface area contributed by atoms with Crippen molar-refractivity contribution in [2.75, 3.05) is 38.1 Å². The molecule has 1 aliphatic carbocycles. The van der Waals surface area contributed by atoms with E-state index in [1.165, 1.54) is 18.6 Å². The molecule has 13 heteroatoms. The average molecular weight is 691 g/mol. The van der Waals surface area contributed by atoms with E-state index in [0.29, 0.717) is 25.3 Å². The van der Waals surface area contributed by atoms with Crippen molar-refractivity contribution in [1.29, 1.82) is 0 Å². The Morgan fingerprint density at radius 1 is 1.06 bits per heavy atom. The summed E-state index contributed by atoms with van der Waals surface area (Å²) in [4.78, 5) is 30.5. The highest BCUT2D eigenvalue weighted by atomic mass is 32.2. The van der Waals surface area contributed by atoms with Gasteiger partial charge in [-0.2, -0.15) is 0 Å². The highest BCUT2D eigenvalue weighted by Gasteiger charge is 2.31. The third-order valence-electron chi connectivity index (χ3n) is 9.16. The number of sulfonamides is 1. The number of urea groups is 1. The molecule has 2 aliphatic rings. The second-order valence-corrected chi connectivity index (χ2v) is 14.9. The lowest BCUT2D eigenvalue weighted by Gasteiger charge is -2.36. The maximum absolute atomic E-state index is 14.3. The summed E-state index contributed by atoms with van der Waals surface area (Å²) in [6.45, 7) is 6.29. The molecule has 0 bridgehead atoms. The predicted octanol–water partition coefficient (Wildman–Crippen LogP) is 5.40. The van der Waals surface area contributed by atoms with Crippen LogP contribution >= 0.6 is 0 Å². The second-order valence-electron chi connectivity index (χ2n) is 13.2. The van der Waals surface area contributed by atoms with Crippen LogP contribution in [-0.4, -0.2) is 92.9 Å². The van der Waals surface area contributed by atoms with E-state index in [4.69, 9.17) is 9.47 Å². The Labute approximate surface area is 284 Å². The molecule has 0 saturated heterocycles. The lowest BCUT2D eigenvalue weighted by molar-refractivity contribution is -0.0123. The monoisotopic (exact) mass is 690 g/mol. The predicted molar refractivity (Wildman–Crippen MR) is 182 cm³/mol. The van der Waals surface area contributed by atoms with E-state index in [9.17, 15) is 27.5 Å². The summed E-state index contributed by atoms with van der Waals surface area (Å²) in [5, 5.41) is 13.4. The van der Waals surface area contributed by atoms with Crippen molar-refractivity contribution in [2.24, 2.45) is 5.92 Å². The molecule has 4 atom stereocenters. The number of amides is 3. The van der Waals surface area contributed by atoms with Crippen LogP contribution in [0.1, 0.15) is 82.5 Å². The number of hydrogen-bond acceptors (Lipinski definition) is 7. The van der Waals surface area contributed by atoms with Crippen LogP contribution < -0.4 is 14.8 Å². The second kappa shape index (κ2) is 17.3. The topological polar surface area (TPSA) is 138 Å². The number of aliphatic hydroxyl groups excluding tert-OH is 1. The molecule has 48 heavy (non-hydrogen) atoms. The molecular formula is C35H51FN4O7S. The van der Waals surface area contributed by atoms with Gasteiger partial charge in [0.25, 0.3) is 15.9 Å². The summed E-state index contributed by atoms with van der Waals surface area (Å²) >= 11 is 0. The van der Waals surface area contributed by atoms with Crippen LogP contribution in [0.4, 0.5) is 14.9 Å². The van der Waals surface area contributed by atoms with Gasteiger partial charge in [-0.1, -0.05) is 26.2 Å². The zero-order chi connectivity index (χ0) is 34.8. The van der Waals surface area contributed by atoms with Gasteiger partial charge < -0.3 is 29.7 Å². The Morgan fingerprint density at radius 3 is 2.44 bits per heavy atom. The number of ether oxygens (including phenoxy) is 2. The number of rotatable bonds is 8. The van der Waals surface area contributed by atoms with Crippen LogP contribution in [0.25, 0.3) is 0 Å². The summed E-state index contributed by atoms with van der Waals surface area (Å²) < 4.78 is 54.7. The molecule has 11 nitrogen and oxygen atoms in total. The zero-order valence-electron chi connectivity index (χ0n) is 28.5. The first kappa shape index (κ1) is 37.4. The van der Waals surface area contributed by atoms with Crippen molar-refractivity contribution in [2.45, 2.75) is 101 Å². The van der Waals surface area contributed by atoms with Crippen molar-refractivity contribution in [3.63, 3.8) is 0 Å². The maximum atomic E-state index is 14.3. The first-order chi connectivity index (χ1) is 22.9. The normalized spacial score (nSPS) is 22.5. The molecule has 1 saturated carbocycles. The average Bonchev–Trinajstić information content (AvgIpc) is 3.06. The van der Waals surface area contributed by atoms with Crippen LogP contribution in [0.15, 0.2) is 47.4 Å². The molecule has 2 aromatic rings. The number of nitrogens with one attached hydrogen (secondary N) is 2. The number of carbonyl (C=O) groups is 2. The molecule has 0 radical (unpaired) electrons. The first-order valence-electron chi connectivity index (χ1n) is 17.0. The van der Waals surface area contributed by atoms with E-state index in [-0.39, 0.29) is 53.4 Å². The summed E-state index contributed by atoms with van der Waals surface area (Å²) in [7, 11) is -2.34. The van der Waals surface area contributed by atoms with Gasteiger partial charge in [0.05, 0.1) is 35.3 Å². The molecule has 3 N–H and O–H groups in total. The Kier molecular flexibility index (Phi) is 13.5. The smallest absolute Gasteiger partial charge is 0.317 e. The first-order valence-corrected chi connectivity index (χ1v) is 18.5. The largest absolute Gasteiger partial charge is 0.490 e. The van der Waals surface area contributed by atoms with Crippen LogP contribution in [0.3, 0.4) is 0 Å². The number of benzene rings is 2. The molecule has 4 rings (SSSR count). The number of fused-ring (bicyclic) bond motifs is 1. The fourth-order valence-corrected chi connectivity index (χ4v) is 7.21. The SMILES string of the molecule is C[C@@H]1CCCCO[C@H](CN(C)C(=O)NC2CCCCC2)[C@@H](C)CN([C@H](C)CO)C(=O)c2cc(NS(=O)(=O)c3ccc(F)cc3)ccc2O1. The standard InChI is InChI=1S/C35H51FN4O7S/c1-24-21-40(25(2)23-41)34(42)31-20-29(38-48(44,45)30-16-13-27(36)14-17-30)15-18-32(31)47-26(3)10-8-9-19-46-33(24)22-39(4)35(43)37-28-11-6-5-7-12-28/h13-18,20,24-26,28,33,38,41H,5-12,19,21-23H2,1-4H3,(H,37,43)/t24-,25+,26+,33+/m0/s1. The van der Waals surface area contributed by atoms with Crippen molar-refractivity contribution in [1.82, 2.24) is 15.1 Å². The van der Waals surface area contributed by atoms with Gasteiger partial charge in [0.1, 0.15) is 11.6 Å². The minimum Gasteiger partial charge on any atom is -0.490 e. The molecule has 1 aliphatic heterocycles. The van der Waals surface area contributed by atoms with Gasteiger partial charge in [-0.3, -0.25) is 9.52 Å². The van der Waals surface area contributed by atoms with Crippen molar-refractivity contribution in [3.05, 3.63) is 53.8 Å². The van der Waals surface area contributed by atoms with Crippen molar-refractivity contribution < 1.29 is 37.0 Å². The lowest BCUT2D eigenvalue weighted by Crippen LogP contribution is -2.50. The van der Waals surface area contributed by atoms with Gasteiger partial charge in [-0.05, 0) is 88.4 Å². The lowest BCUT2D eigenvalue weighted by atomic mass is 9.96. The number of likely N-dealkylation sites (N-methyl/N-ethyl adjacent to an activating group) is 1. The van der Waals surface area contributed by atoms with E-state index < -0.39 is 33.9 Å². The van der Waals surface area contributed by atoms with E-state index >= 15 is 0 Å². The Bertz CT molecular complexity index is 1470. The number of aliphatic hydroxyl groups is 1. The molecule has 0 spiro atoms. The van der Waals surface area contributed by atoms with Gasteiger partial charge in [0.2, 0.25) is 0 Å². The molecule has 2 aromatic carbocycles. The number of hydrogen-bond donors (Lipinski definition) is 3. The Hall–Kier alpha value is -3.42. The third-order valence-corrected chi connectivity index (χ3v) is 10.6. The number of carbonyl (C=O) groups excluding carboxylic acids is 2. The molecular weight excluding hydrogens is 639 g/mol. The van der Waals surface area contributed by atoms with Gasteiger partial charge in [-0.15, -0.1) is 0 Å². The Balaban J connectivity index is 1.61. The van der Waals surface area contributed by atoms with Crippen LogP contribution in [0.5, 0.6) is 5.75 Å². The van der Waals surface area contributed by atoms with Crippen molar-refractivity contribution in [3.8, 4) is 5.75 Å². The Morgan fingerprint density at radius 2 is 1.75 bits per heavy atom. The molecule has 266 valence electrons. The highest BCUT2D eigenvalue weighted by Crippen LogP contribution is 2.30. The summed E-state index contributed by atoms with van der Waals surface area (Å²) in [6.07, 6.45) is 7.00. The van der Waals surface area contributed by atoms with Crippen LogP contribution in [0.2, 0.25) is 0 Å². The van der Waals surface area contributed by atoms with E-state index in [0.717, 1.165) is 62.8 Å². The van der Waals surface area contributed by atoms with Gasteiger partial charge in [0.15, 0.2) is 0 Å². The molecule has 0 aromatic heterocycles. The summed E-state index contributed by atoms with van der Waals surface area (Å²) in [6, 6.07) is 8.38. The fraction of sp³-hybridized carbons (Fsp3) is 0.600. The summed E-state index contributed by atoms with van der Waals surface area (Å²) in [5.74, 6) is -0.956. The molecule has 3 amide bonds. The van der Waals surface area contributed by atoms with E-state index in [1.54, 1.807) is 29.8 Å². The van der Waals surface area contributed by atoms with Crippen molar-refractivity contribution >= 4 is 27.6 Å². The third kappa shape index (κ3) is 10.3. The van der Waals surface area contributed by atoms with Gasteiger partial charge in [0, 0.05) is 44.4 Å². The maximum Gasteiger partial charge on any atom is 0.317 e. The highest BCUT2D eigenvalue weighted by molar-refractivity contribution is 7.92. The quantitative estimate of drug-likeness (QED) is 0.338. The molecule has 1 heterocycles. The van der Waals surface area contributed by atoms with Crippen LogP contribution in [0, 0.1) is 11.7 Å². The van der Waals surface area contributed by atoms with E-state index in [1.807, 2.05) is 13.8 Å². The summed E-state index contributed by atoms with van der Waals surface area (Å²) in [5.41, 5.74) is 0.257. The molecule has 0 unspecified atom stereocenters.